The molecule has 2 bridgehead atoms. The highest BCUT2D eigenvalue weighted by molar-refractivity contribution is 5.79. The number of carbonyl (C=O) groups is 1. The Balaban J connectivity index is 1.73. The summed E-state index contributed by atoms with van der Waals surface area (Å²) in [6.45, 7) is 5.38. The van der Waals surface area contributed by atoms with Crippen LogP contribution in [0.5, 0.6) is 0 Å². The Morgan fingerprint density at radius 3 is 2.88 bits per heavy atom. The van der Waals surface area contributed by atoms with Crippen molar-refractivity contribution in [3.05, 3.63) is 12.7 Å². The Kier molecular flexibility index (Phi) is 4.21. The first-order valence-corrected chi connectivity index (χ1v) is 6.70. The second-order valence-corrected chi connectivity index (χ2v) is 5.34. The average molecular weight is 237 g/mol. The first-order chi connectivity index (χ1) is 8.22. The van der Waals surface area contributed by atoms with Crippen LogP contribution in [0.15, 0.2) is 12.7 Å². The molecule has 1 saturated heterocycles. The molecule has 0 N–H and O–H groups in total. The number of nitrogens with zero attached hydrogens (tertiary/aromatic N) is 1. The Labute approximate surface area is 104 Å². The average Bonchev–Trinajstić information content (AvgIpc) is 2.95. The maximum atomic E-state index is 12.2. The molecule has 0 aromatic heterocycles. The van der Waals surface area contributed by atoms with Crippen molar-refractivity contribution in [2.45, 2.75) is 38.2 Å². The Hall–Kier alpha value is -0.830. The van der Waals surface area contributed by atoms with Gasteiger partial charge in [-0.1, -0.05) is 6.08 Å². The van der Waals surface area contributed by atoms with E-state index < -0.39 is 0 Å². The van der Waals surface area contributed by atoms with E-state index in [-0.39, 0.29) is 5.92 Å². The van der Waals surface area contributed by atoms with Crippen LogP contribution < -0.4 is 0 Å². The van der Waals surface area contributed by atoms with Gasteiger partial charge in [0.1, 0.15) is 0 Å². The van der Waals surface area contributed by atoms with Crippen molar-refractivity contribution < 1.29 is 9.53 Å². The molecule has 96 valence electrons. The highest BCUT2D eigenvalue weighted by Gasteiger charge is 2.44. The number of amides is 1. The second-order valence-electron chi connectivity index (χ2n) is 5.34. The molecule has 17 heavy (non-hydrogen) atoms. The highest BCUT2D eigenvalue weighted by Crippen LogP contribution is 2.40. The van der Waals surface area contributed by atoms with Gasteiger partial charge in [-0.05, 0) is 38.0 Å². The fourth-order valence-corrected chi connectivity index (χ4v) is 2.99. The topological polar surface area (TPSA) is 29.5 Å². The van der Waals surface area contributed by atoms with Crippen LogP contribution in [0, 0.1) is 11.8 Å². The number of hydrogen-bond donors (Lipinski definition) is 0. The molecule has 1 amide bonds. The summed E-state index contributed by atoms with van der Waals surface area (Å²) in [5.41, 5.74) is 0. The zero-order valence-electron chi connectivity index (χ0n) is 10.7. The zero-order valence-corrected chi connectivity index (χ0v) is 10.7. The maximum absolute atomic E-state index is 12.2. The standard InChI is InChI=1S/C14H23NO2/c1-3-4-5-6-7-15(2)14(16)13-9-12-8-11(13)10-17-12/h3,11-13H,1,4-10H2,2H3. The normalized spacial score (nSPS) is 30.5. The van der Waals surface area contributed by atoms with E-state index in [4.69, 9.17) is 4.74 Å². The van der Waals surface area contributed by atoms with Gasteiger partial charge in [0.15, 0.2) is 0 Å². The number of fused-ring (bicyclic) bond motifs is 2. The van der Waals surface area contributed by atoms with Crippen LogP contribution in [0.4, 0.5) is 0 Å². The highest BCUT2D eigenvalue weighted by atomic mass is 16.5. The molecule has 1 saturated carbocycles. The molecule has 2 rings (SSSR count). The Morgan fingerprint density at radius 1 is 1.47 bits per heavy atom. The molecular weight excluding hydrogens is 214 g/mol. The van der Waals surface area contributed by atoms with Gasteiger partial charge < -0.3 is 9.64 Å². The van der Waals surface area contributed by atoms with Crippen LogP contribution in [-0.4, -0.2) is 37.1 Å². The van der Waals surface area contributed by atoms with E-state index in [9.17, 15) is 4.79 Å². The molecule has 3 atom stereocenters. The second kappa shape index (κ2) is 5.67. The molecule has 3 nitrogen and oxygen atoms in total. The van der Waals surface area contributed by atoms with E-state index in [2.05, 4.69) is 6.58 Å². The van der Waals surface area contributed by atoms with Gasteiger partial charge in [-0.2, -0.15) is 0 Å². The monoisotopic (exact) mass is 237 g/mol. The molecule has 3 unspecified atom stereocenters. The molecule has 0 aromatic rings. The molecule has 2 fully saturated rings. The summed E-state index contributed by atoms with van der Waals surface area (Å²) in [6.07, 6.45) is 7.59. The van der Waals surface area contributed by atoms with Crippen LogP contribution in [0.3, 0.4) is 0 Å². The number of allylic oxidation sites excluding steroid dienone is 1. The van der Waals surface area contributed by atoms with Crippen molar-refractivity contribution in [1.29, 1.82) is 0 Å². The number of hydrogen-bond acceptors (Lipinski definition) is 2. The summed E-state index contributed by atoms with van der Waals surface area (Å²) in [7, 11) is 1.93. The molecule has 0 radical (unpaired) electrons. The summed E-state index contributed by atoms with van der Waals surface area (Å²) in [5, 5.41) is 0. The summed E-state index contributed by atoms with van der Waals surface area (Å²) in [6, 6.07) is 0. The lowest BCUT2D eigenvalue weighted by Gasteiger charge is -2.26. The summed E-state index contributed by atoms with van der Waals surface area (Å²) in [4.78, 5) is 14.2. The van der Waals surface area contributed by atoms with Gasteiger partial charge in [-0.3, -0.25) is 4.79 Å². The van der Waals surface area contributed by atoms with E-state index in [0.29, 0.717) is 17.9 Å². The van der Waals surface area contributed by atoms with E-state index in [1.807, 2.05) is 18.0 Å². The molecule has 1 aliphatic carbocycles. The zero-order chi connectivity index (χ0) is 12.3. The Bertz CT molecular complexity index is 290. The van der Waals surface area contributed by atoms with Crippen molar-refractivity contribution in [3.63, 3.8) is 0 Å². The van der Waals surface area contributed by atoms with Crippen molar-refractivity contribution in [2.75, 3.05) is 20.2 Å². The summed E-state index contributed by atoms with van der Waals surface area (Å²) in [5.74, 6) is 1.06. The van der Waals surface area contributed by atoms with Crippen LogP contribution in [-0.2, 0) is 9.53 Å². The molecule has 3 heteroatoms. The third-order valence-corrected chi connectivity index (χ3v) is 4.04. The van der Waals surface area contributed by atoms with Crippen molar-refractivity contribution in [2.24, 2.45) is 11.8 Å². The maximum Gasteiger partial charge on any atom is 0.225 e. The smallest absolute Gasteiger partial charge is 0.225 e. The largest absolute Gasteiger partial charge is 0.378 e. The number of carbonyl (C=O) groups excluding carboxylic acids is 1. The third-order valence-electron chi connectivity index (χ3n) is 4.04. The van der Waals surface area contributed by atoms with Crippen LogP contribution in [0.25, 0.3) is 0 Å². The van der Waals surface area contributed by atoms with Gasteiger partial charge >= 0.3 is 0 Å². The molecule has 1 heterocycles. The third kappa shape index (κ3) is 2.89. The number of ether oxygens (including phenoxy) is 1. The van der Waals surface area contributed by atoms with E-state index in [1.165, 1.54) is 0 Å². The van der Waals surface area contributed by atoms with Crippen molar-refractivity contribution in [3.8, 4) is 0 Å². The minimum atomic E-state index is 0.234. The van der Waals surface area contributed by atoms with Crippen molar-refractivity contribution in [1.82, 2.24) is 4.90 Å². The SMILES string of the molecule is C=CCCCCN(C)C(=O)C1CC2CC1CO2. The molecule has 1 aliphatic heterocycles. The van der Waals surface area contributed by atoms with Gasteiger partial charge in [0.2, 0.25) is 5.91 Å². The van der Waals surface area contributed by atoms with Gasteiger partial charge in [0, 0.05) is 19.5 Å². The van der Waals surface area contributed by atoms with E-state index in [0.717, 1.165) is 45.3 Å². The van der Waals surface area contributed by atoms with Crippen molar-refractivity contribution >= 4 is 5.91 Å². The van der Waals surface area contributed by atoms with E-state index >= 15 is 0 Å². The van der Waals surface area contributed by atoms with Crippen LogP contribution in [0.1, 0.15) is 32.1 Å². The lowest BCUT2D eigenvalue weighted by molar-refractivity contribution is -0.137. The quantitative estimate of drug-likeness (QED) is 0.523. The minimum Gasteiger partial charge on any atom is -0.378 e. The molecular formula is C14H23NO2. The predicted octanol–water partition coefficient (Wildman–Crippen LogP) is 2.23. The van der Waals surface area contributed by atoms with Gasteiger partial charge in [0.25, 0.3) is 0 Å². The number of unbranched alkanes of at least 4 members (excludes halogenated alkanes) is 2. The van der Waals surface area contributed by atoms with Gasteiger partial charge in [-0.25, -0.2) is 0 Å². The van der Waals surface area contributed by atoms with Gasteiger partial charge in [-0.15, -0.1) is 6.58 Å². The summed E-state index contributed by atoms with van der Waals surface area (Å²) < 4.78 is 5.54. The Morgan fingerprint density at radius 2 is 2.29 bits per heavy atom. The molecule has 0 spiro atoms. The first-order valence-electron chi connectivity index (χ1n) is 6.70. The van der Waals surface area contributed by atoms with Crippen LogP contribution in [0.2, 0.25) is 0 Å². The predicted molar refractivity (Wildman–Crippen MR) is 67.6 cm³/mol. The first kappa shape index (κ1) is 12.6. The molecule has 0 aromatic carbocycles. The number of rotatable bonds is 6. The fraction of sp³-hybridized carbons (Fsp3) is 0.786. The van der Waals surface area contributed by atoms with Gasteiger partial charge in [0.05, 0.1) is 12.7 Å². The lowest BCUT2D eigenvalue weighted by Crippen LogP contribution is -2.37. The summed E-state index contributed by atoms with van der Waals surface area (Å²) >= 11 is 0. The van der Waals surface area contributed by atoms with Crippen LogP contribution >= 0.6 is 0 Å². The van der Waals surface area contributed by atoms with E-state index in [1.54, 1.807) is 0 Å². The lowest BCUT2D eigenvalue weighted by atomic mass is 9.95. The fourth-order valence-electron chi connectivity index (χ4n) is 2.99. The molecule has 2 aliphatic rings. The minimum absolute atomic E-state index is 0.234.